The zero-order chi connectivity index (χ0) is 30.0. The summed E-state index contributed by atoms with van der Waals surface area (Å²) in [5.74, 6) is 0.590. The van der Waals surface area contributed by atoms with E-state index in [1.54, 1.807) is 11.3 Å². The Labute approximate surface area is 254 Å². The van der Waals surface area contributed by atoms with Gasteiger partial charge in [-0.3, -0.25) is 0 Å². The highest BCUT2D eigenvalue weighted by atomic mass is 32.1. The molecule has 0 unspecified atom stereocenters. The van der Waals surface area contributed by atoms with Gasteiger partial charge in [-0.1, -0.05) is 101 Å². The van der Waals surface area contributed by atoms with Crippen molar-refractivity contribution in [2.75, 3.05) is 19.0 Å². The number of rotatable bonds is 14. The van der Waals surface area contributed by atoms with Crippen molar-refractivity contribution < 1.29 is 14.3 Å². The van der Waals surface area contributed by atoms with E-state index in [0.29, 0.717) is 6.42 Å². The Kier molecular flexibility index (Phi) is 11.1. The molecule has 1 N–H and O–H groups in total. The predicted molar refractivity (Wildman–Crippen MR) is 173 cm³/mol. The maximum absolute atomic E-state index is 12.6. The quantitative estimate of drug-likeness (QED) is 0.118. The summed E-state index contributed by atoms with van der Waals surface area (Å²) < 4.78 is 11.0. The molecular formula is C35H43N3O3S. The number of unbranched alkanes of at least 4 members (excludes halogenated alkanes) is 4. The number of carbonyl (C=O) groups excluding carboxylic acids is 1. The van der Waals surface area contributed by atoms with Crippen LogP contribution in [0.2, 0.25) is 0 Å². The number of carbonyl (C=O) groups is 1. The van der Waals surface area contributed by atoms with Crippen LogP contribution in [0.3, 0.4) is 0 Å². The molecule has 0 fully saturated rings. The summed E-state index contributed by atoms with van der Waals surface area (Å²) in [4.78, 5) is 12.6. The van der Waals surface area contributed by atoms with E-state index in [-0.39, 0.29) is 11.4 Å². The average Bonchev–Trinajstić information content (AvgIpc) is 3.49. The second kappa shape index (κ2) is 15.0. The average molecular weight is 586 g/mol. The molecule has 0 radical (unpaired) electrons. The van der Waals surface area contributed by atoms with E-state index in [9.17, 15) is 4.79 Å². The monoisotopic (exact) mass is 585 g/mol. The molecule has 1 aromatic heterocycles. The number of nitrogens with zero attached hydrogens (tertiary/aromatic N) is 2. The van der Waals surface area contributed by atoms with Gasteiger partial charge in [-0.2, -0.15) is 0 Å². The number of ether oxygens (including phenoxy) is 2. The molecule has 6 nitrogen and oxygen atoms in total. The number of methoxy groups -OCH3 is 1. The van der Waals surface area contributed by atoms with Crippen LogP contribution in [0.5, 0.6) is 5.75 Å². The Morgan fingerprint density at radius 2 is 1.43 bits per heavy atom. The van der Waals surface area contributed by atoms with Crippen LogP contribution in [-0.2, 0) is 21.4 Å². The van der Waals surface area contributed by atoms with Gasteiger partial charge in [0.25, 0.3) is 0 Å². The number of hydrogen-bond donors (Lipinski definition) is 1. The minimum Gasteiger partial charge on any atom is -0.494 e. The standard InChI is InChI=1S/C35H43N3O3S/c1-6-7-8-9-10-23-41-30-21-15-27(16-22-30)33-38-37-32(42-33)26-13-11-25(12-14-26)24-31(34(39)40-5)36-29-19-17-28(18-20-29)35(2,3)4/h11-22,31,36H,6-10,23-24H2,1-5H3/t31-/m0/s1. The van der Waals surface area contributed by atoms with Crippen LogP contribution < -0.4 is 10.1 Å². The van der Waals surface area contributed by atoms with E-state index in [0.717, 1.165) is 51.2 Å². The maximum Gasteiger partial charge on any atom is 0.328 e. The fourth-order valence-corrected chi connectivity index (χ4v) is 5.52. The third-order valence-electron chi connectivity index (χ3n) is 7.26. The van der Waals surface area contributed by atoms with Crippen LogP contribution in [0.25, 0.3) is 21.1 Å². The largest absolute Gasteiger partial charge is 0.494 e. The lowest BCUT2D eigenvalue weighted by Gasteiger charge is -2.21. The number of anilines is 1. The molecule has 222 valence electrons. The van der Waals surface area contributed by atoms with Crippen molar-refractivity contribution in [2.24, 2.45) is 0 Å². The highest BCUT2D eigenvalue weighted by Gasteiger charge is 2.21. The fraction of sp³-hybridized carbons (Fsp3) is 0.400. The van der Waals surface area contributed by atoms with E-state index < -0.39 is 6.04 Å². The number of aromatic nitrogens is 2. The summed E-state index contributed by atoms with van der Waals surface area (Å²) in [6.45, 7) is 9.53. The lowest BCUT2D eigenvalue weighted by atomic mass is 9.87. The Balaban J connectivity index is 1.35. The number of esters is 1. The van der Waals surface area contributed by atoms with Gasteiger partial charge in [0.2, 0.25) is 0 Å². The summed E-state index contributed by atoms with van der Waals surface area (Å²) in [5.41, 5.74) is 5.24. The van der Waals surface area contributed by atoms with Crippen LogP contribution >= 0.6 is 11.3 Å². The second-order valence-electron chi connectivity index (χ2n) is 11.6. The molecule has 0 saturated heterocycles. The van der Waals surface area contributed by atoms with Gasteiger partial charge in [-0.15, -0.1) is 10.2 Å². The topological polar surface area (TPSA) is 73.3 Å². The minimum absolute atomic E-state index is 0.0717. The first-order chi connectivity index (χ1) is 20.3. The van der Waals surface area contributed by atoms with E-state index in [2.05, 4.69) is 55.3 Å². The summed E-state index contributed by atoms with van der Waals surface area (Å²) in [6.07, 6.45) is 6.64. The Morgan fingerprint density at radius 3 is 2.00 bits per heavy atom. The molecule has 42 heavy (non-hydrogen) atoms. The molecule has 0 amide bonds. The molecule has 0 aliphatic carbocycles. The van der Waals surface area contributed by atoms with Crippen molar-refractivity contribution in [3.8, 4) is 26.9 Å². The van der Waals surface area contributed by atoms with Gasteiger partial charge in [0, 0.05) is 23.2 Å². The highest BCUT2D eigenvalue weighted by Crippen LogP contribution is 2.31. The molecule has 0 aliphatic heterocycles. The lowest BCUT2D eigenvalue weighted by molar-refractivity contribution is -0.141. The smallest absolute Gasteiger partial charge is 0.328 e. The molecule has 7 heteroatoms. The molecular weight excluding hydrogens is 542 g/mol. The first-order valence-electron chi connectivity index (χ1n) is 14.9. The van der Waals surface area contributed by atoms with Crippen molar-refractivity contribution in [3.05, 3.63) is 83.9 Å². The molecule has 0 aliphatic rings. The van der Waals surface area contributed by atoms with Crippen LogP contribution in [0.4, 0.5) is 5.69 Å². The fourth-order valence-electron chi connectivity index (χ4n) is 4.67. The first kappa shape index (κ1) is 31.2. The van der Waals surface area contributed by atoms with E-state index in [1.807, 2.05) is 60.7 Å². The summed E-state index contributed by atoms with van der Waals surface area (Å²) in [5, 5.41) is 13.9. The normalized spacial score (nSPS) is 12.1. The van der Waals surface area contributed by atoms with Gasteiger partial charge >= 0.3 is 5.97 Å². The molecule has 4 rings (SSSR count). The first-order valence-corrected chi connectivity index (χ1v) is 15.7. The minimum atomic E-state index is -0.498. The summed E-state index contributed by atoms with van der Waals surface area (Å²) in [6, 6.07) is 23.9. The SMILES string of the molecule is CCCCCCCOc1ccc(-c2nnc(-c3ccc(C[C@H](Nc4ccc(C(C)(C)C)cc4)C(=O)OC)cc3)s2)cc1. The third kappa shape index (κ3) is 8.89. The highest BCUT2D eigenvalue weighted by molar-refractivity contribution is 7.17. The van der Waals surface area contributed by atoms with E-state index in [1.165, 1.54) is 38.4 Å². The van der Waals surface area contributed by atoms with Crippen molar-refractivity contribution in [1.29, 1.82) is 0 Å². The van der Waals surface area contributed by atoms with E-state index >= 15 is 0 Å². The zero-order valence-electron chi connectivity index (χ0n) is 25.5. The molecule has 1 atom stereocenters. The molecule has 3 aromatic carbocycles. The Morgan fingerprint density at radius 1 is 0.833 bits per heavy atom. The number of benzene rings is 3. The maximum atomic E-state index is 12.6. The van der Waals surface area contributed by atoms with Crippen LogP contribution in [0, 0.1) is 0 Å². The second-order valence-corrected chi connectivity index (χ2v) is 12.6. The van der Waals surface area contributed by atoms with Crippen molar-refractivity contribution in [3.63, 3.8) is 0 Å². The number of nitrogens with one attached hydrogen (secondary N) is 1. The third-order valence-corrected chi connectivity index (χ3v) is 8.28. The van der Waals surface area contributed by atoms with Crippen LogP contribution in [0.15, 0.2) is 72.8 Å². The summed E-state index contributed by atoms with van der Waals surface area (Å²) in [7, 11) is 1.42. The molecule has 0 spiro atoms. The zero-order valence-corrected chi connectivity index (χ0v) is 26.3. The van der Waals surface area contributed by atoms with Gasteiger partial charge in [0.15, 0.2) is 0 Å². The van der Waals surface area contributed by atoms with Gasteiger partial charge in [0.1, 0.15) is 21.8 Å². The van der Waals surface area contributed by atoms with E-state index in [4.69, 9.17) is 9.47 Å². The molecule has 4 aromatic rings. The molecule has 1 heterocycles. The summed E-state index contributed by atoms with van der Waals surface area (Å²) >= 11 is 1.56. The van der Waals surface area contributed by atoms with Crippen molar-refractivity contribution >= 4 is 23.0 Å². The van der Waals surface area contributed by atoms with Crippen LogP contribution in [0.1, 0.15) is 70.9 Å². The Hall–Kier alpha value is -3.71. The van der Waals surface area contributed by atoms with Crippen LogP contribution in [-0.4, -0.2) is 35.9 Å². The predicted octanol–water partition coefficient (Wildman–Crippen LogP) is 8.72. The molecule has 0 bridgehead atoms. The molecule has 0 saturated carbocycles. The van der Waals surface area contributed by atoms with Gasteiger partial charge in [-0.05, 0) is 59.4 Å². The van der Waals surface area contributed by atoms with Gasteiger partial charge < -0.3 is 14.8 Å². The Bertz CT molecular complexity index is 1390. The van der Waals surface area contributed by atoms with Gasteiger partial charge in [-0.25, -0.2) is 4.79 Å². The lowest BCUT2D eigenvalue weighted by Crippen LogP contribution is -2.32. The van der Waals surface area contributed by atoms with Crippen molar-refractivity contribution in [2.45, 2.75) is 77.7 Å². The van der Waals surface area contributed by atoms with Crippen molar-refractivity contribution in [1.82, 2.24) is 10.2 Å². The number of hydrogen-bond acceptors (Lipinski definition) is 7. The van der Waals surface area contributed by atoms with Gasteiger partial charge in [0.05, 0.1) is 13.7 Å².